The first kappa shape index (κ1) is 20.6. The summed E-state index contributed by atoms with van der Waals surface area (Å²) in [5.74, 6) is -4.28. The maximum Gasteiger partial charge on any atom is 0.276 e. The van der Waals surface area contributed by atoms with Crippen LogP contribution in [0.3, 0.4) is 0 Å². The van der Waals surface area contributed by atoms with E-state index < -0.39 is 46.4 Å². The van der Waals surface area contributed by atoms with Crippen molar-refractivity contribution in [2.75, 3.05) is 0 Å². The smallest absolute Gasteiger partial charge is 0.276 e. The van der Waals surface area contributed by atoms with Gasteiger partial charge in [0.1, 0.15) is 5.56 Å². The van der Waals surface area contributed by atoms with E-state index in [1.54, 1.807) is 4.90 Å². The Hall–Kier alpha value is -3.27. The van der Waals surface area contributed by atoms with Gasteiger partial charge in [-0.3, -0.25) is 14.4 Å². The van der Waals surface area contributed by atoms with Crippen molar-refractivity contribution < 1.29 is 28.2 Å². The quantitative estimate of drug-likeness (QED) is 0.751. The van der Waals surface area contributed by atoms with Gasteiger partial charge in [-0.15, -0.1) is 0 Å². The van der Waals surface area contributed by atoms with E-state index in [2.05, 4.69) is 5.32 Å². The number of hydrogen-bond donors (Lipinski definition) is 2. The molecule has 1 aromatic heterocycles. The summed E-state index contributed by atoms with van der Waals surface area (Å²) in [6.07, 6.45) is 3.10. The van der Waals surface area contributed by atoms with Crippen molar-refractivity contribution in [1.29, 1.82) is 0 Å². The fourth-order valence-electron chi connectivity index (χ4n) is 4.81. The lowest BCUT2D eigenvalue weighted by Crippen LogP contribution is -2.57. The summed E-state index contributed by atoms with van der Waals surface area (Å²) in [5.41, 5.74) is -1.53. The molecule has 3 heterocycles. The molecule has 5 rings (SSSR count). The van der Waals surface area contributed by atoms with E-state index in [1.807, 2.05) is 0 Å². The van der Waals surface area contributed by atoms with Crippen molar-refractivity contribution in [3.63, 3.8) is 0 Å². The number of carbonyl (C=O) groups excluding carboxylic acids is 2. The highest BCUT2D eigenvalue weighted by Gasteiger charge is 2.47. The average molecular weight is 445 g/mol. The number of benzene rings is 1. The van der Waals surface area contributed by atoms with Crippen LogP contribution in [-0.4, -0.2) is 44.8 Å². The highest BCUT2D eigenvalue weighted by atomic mass is 19.2. The van der Waals surface area contributed by atoms with Gasteiger partial charge in [-0.05, 0) is 31.7 Å². The van der Waals surface area contributed by atoms with E-state index in [9.17, 15) is 28.3 Å². The largest absolute Gasteiger partial charge is 0.503 e. The van der Waals surface area contributed by atoms with Crippen LogP contribution in [0.25, 0.3) is 0 Å². The number of hydrogen-bond acceptors (Lipinski definition) is 5. The number of halogens is 2. The first-order valence-corrected chi connectivity index (χ1v) is 10.4. The average Bonchev–Trinajstić information content (AvgIpc) is 3.14. The zero-order valence-electron chi connectivity index (χ0n) is 17.2. The second-order valence-electron chi connectivity index (χ2n) is 8.47. The summed E-state index contributed by atoms with van der Waals surface area (Å²) in [7, 11) is 0. The number of aromatic nitrogens is 1. The molecule has 1 aromatic carbocycles. The maximum atomic E-state index is 14.1. The van der Waals surface area contributed by atoms with E-state index in [1.165, 1.54) is 29.8 Å². The fraction of sp³-hybridized carbons (Fsp3) is 0.409. The lowest BCUT2D eigenvalue weighted by atomic mass is 10.1. The maximum absolute atomic E-state index is 14.1. The normalized spacial score (nSPS) is 23.7. The molecule has 2 aliphatic heterocycles. The van der Waals surface area contributed by atoms with E-state index in [4.69, 9.17) is 4.74 Å². The first-order chi connectivity index (χ1) is 15.3. The van der Waals surface area contributed by atoms with Gasteiger partial charge in [-0.2, -0.15) is 0 Å². The second kappa shape index (κ2) is 7.40. The van der Waals surface area contributed by atoms with Crippen molar-refractivity contribution in [3.05, 3.63) is 62.6 Å². The summed E-state index contributed by atoms with van der Waals surface area (Å²) in [6, 6.07) is 2.73. The highest BCUT2D eigenvalue weighted by molar-refractivity contribution is 5.99. The predicted octanol–water partition coefficient (Wildman–Crippen LogP) is 1.80. The Morgan fingerprint density at radius 2 is 2.03 bits per heavy atom. The summed E-state index contributed by atoms with van der Waals surface area (Å²) >= 11 is 0. The van der Waals surface area contributed by atoms with Crippen LogP contribution in [0.15, 0.2) is 23.1 Å². The molecule has 1 aliphatic carbocycles. The molecule has 8 nitrogen and oxygen atoms in total. The van der Waals surface area contributed by atoms with Crippen molar-refractivity contribution in [2.24, 2.45) is 0 Å². The Morgan fingerprint density at radius 1 is 1.25 bits per heavy atom. The highest BCUT2D eigenvalue weighted by Crippen LogP contribution is 2.38. The van der Waals surface area contributed by atoms with Crippen LogP contribution in [0.5, 0.6) is 5.75 Å². The van der Waals surface area contributed by atoms with Gasteiger partial charge < -0.3 is 24.6 Å². The predicted molar refractivity (Wildman–Crippen MR) is 107 cm³/mol. The molecule has 2 fully saturated rings. The Bertz CT molecular complexity index is 1210. The van der Waals surface area contributed by atoms with Crippen LogP contribution in [0, 0.1) is 18.6 Å². The Balaban J connectivity index is 1.43. The van der Waals surface area contributed by atoms with Gasteiger partial charge in [0, 0.05) is 24.3 Å². The number of carbonyl (C=O) groups is 2. The van der Waals surface area contributed by atoms with Gasteiger partial charge in [0.2, 0.25) is 5.43 Å². The number of rotatable bonds is 3. The van der Waals surface area contributed by atoms with Crippen molar-refractivity contribution in [3.8, 4) is 5.75 Å². The van der Waals surface area contributed by atoms with Crippen LogP contribution < -0.4 is 10.7 Å². The van der Waals surface area contributed by atoms with Crippen LogP contribution >= 0.6 is 0 Å². The minimum Gasteiger partial charge on any atom is -0.503 e. The van der Waals surface area contributed by atoms with Gasteiger partial charge in [0.25, 0.3) is 11.8 Å². The Morgan fingerprint density at radius 3 is 2.81 bits per heavy atom. The minimum atomic E-state index is -1.08. The van der Waals surface area contributed by atoms with E-state index >= 15 is 0 Å². The molecule has 32 heavy (non-hydrogen) atoms. The molecule has 1 saturated carbocycles. The Kier molecular flexibility index (Phi) is 4.77. The molecule has 2 amide bonds. The minimum absolute atomic E-state index is 0.00211. The lowest BCUT2D eigenvalue weighted by Gasteiger charge is -2.44. The van der Waals surface area contributed by atoms with Crippen LogP contribution in [0.4, 0.5) is 8.78 Å². The fourth-order valence-corrected chi connectivity index (χ4v) is 4.81. The number of aryl methyl sites for hydroxylation is 1. The molecular weight excluding hydrogens is 424 g/mol. The molecular formula is C22H21F2N3O5. The van der Waals surface area contributed by atoms with Crippen molar-refractivity contribution in [2.45, 2.75) is 57.6 Å². The van der Waals surface area contributed by atoms with Gasteiger partial charge >= 0.3 is 0 Å². The third kappa shape index (κ3) is 3.09. The number of aromatic hydroxyl groups is 1. The molecule has 2 bridgehead atoms. The van der Waals surface area contributed by atoms with Crippen molar-refractivity contribution in [1.82, 2.24) is 14.8 Å². The van der Waals surface area contributed by atoms with Crippen LogP contribution in [0.2, 0.25) is 0 Å². The van der Waals surface area contributed by atoms with E-state index in [0.717, 1.165) is 19.3 Å². The Labute approximate surface area is 181 Å². The molecule has 10 heteroatoms. The zero-order chi connectivity index (χ0) is 22.7. The molecule has 0 unspecified atom stereocenters. The number of nitrogens with zero attached hydrogens (tertiary/aromatic N) is 2. The molecule has 168 valence electrons. The third-order valence-corrected chi connectivity index (χ3v) is 6.50. The number of ether oxygens (including phenoxy) is 1. The standard InChI is InChI=1S/C22H21F2N3O5/c1-10-2-3-11(17(24)16(10)23)7-25-21(30)14-8-26-9-15-27(12-4-5-13(6-12)32-15)22(31)18(26)20(29)19(14)28/h2-3,8,12-13,15,29H,4-7,9H2,1H3,(H,25,30)/t12-,13+,15+/m1/s1. The lowest BCUT2D eigenvalue weighted by molar-refractivity contribution is -0.132. The monoisotopic (exact) mass is 445 g/mol. The van der Waals surface area contributed by atoms with Crippen LogP contribution in [0.1, 0.15) is 51.2 Å². The number of nitrogens with one attached hydrogen (secondary N) is 1. The number of amides is 2. The van der Waals surface area contributed by atoms with Gasteiger partial charge in [0.05, 0.1) is 12.6 Å². The van der Waals surface area contributed by atoms with Gasteiger partial charge in [0.15, 0.2) is 29.3 Å². The van der Waals surface area contributed by atoms with Crippen LogP contribution in [-0.2, 0) is 17.8 Å². The summed E-state index contributed by atoms with van der Waals surface area (Å²) in [6.45, 7) is 1.23. The molecule has 2 N–H and O–H groups in total. The van der Waals surface area contributed by atoms with Crippen molar-refractivity contribution >= 4 is 11.8 Å². The molecule has 3 aliphatic rings. The number of fused-ring (bicyclic) bond motifs is 5. The SMILES string of the molecule is Cc1ccc(CNC(=O)c2cn3c(c(O)c2=O)C(=O)N2[C@@H]4CC[C@@H](C4)O[C@H]2C3)c(F)c1F. The van der Waals surface area contributed by atoms with Gasteiger partial charge in [-0.25, -0.2) is 8.78 Å². The topological polar surface area (TPSA) is 101 Å². The summed E-state index contributed by atoms with van der Waals surface area (Å²) < 4.78 is 35.1. The second-order valence-corrected chi connectivity index (χ2v) is 8.47. The zero-order valence-corrected chi connectivity index (χ0v) is 17.2. The third-order valence-electron chi connectivity index (χ3n) is 6.50. The van der Waals surface area contributed by atoms with E-state index in [0.29, 0.717) is 0 Å². The molecule has 0 spiro atoms. The van der Waals surface area contributed by atoms with E-state index in [-0.39, 0.29) is 42.1 Å². The molecule has 0 radical (unpaired) electrons. The number of pyridine rings is 1. The summed E-state index contributed by atoms with van der Waals surface area (Å²) in [5, 5.41) is 12.9. The first-order valence-electron chi connectivity index (χ1n) is 10.4. The molecule has 3 atom stereocenters. The summed E-state index contributed by atoms with van der Waals surface area (Å²) in [4.78, 5) is 39.9. The molecule has 1 saturated heterocycles. The van der Waals surface area contributed by atoms with Gasteiger partial charge in [-0.1, -0.05) is 12.1 Å². The molecule has 2 aromatic rings.